The van der Waals surface area contributed by atoms with E-state index in [4.69, 9.17) is 9.47 Å². The number of rotatable bonds is 5. The van der Waals surface area contributed by atoms with E-state index in [1.54, 1.807) is 6.07 Å². The Balaban J connectivity index is 1.34. The zero-order valence-electron chi connectivity index (χ0n) is 13.8. The lowest BCUT2D eigenvalue weighted by Gasteiger charge is -2.25. The van der Waals surface area contributed by atoms with Gasteiger partial charge in [-0.1, -0.05) is 18.2 Å². The molecule has 5 nitrogen and oxygen atoms in total. The second-order valence-corrected chi connectivity index (χ2v) is 7.98. The standard InChI is InChI=1S/C19H17NO4S2/c21-18(16-6-3-9-25-16)17-8-7-12(26-17)10-20-19(22)15-11-23-13-4-1-2-5-14(13)24-15/h1-9,15,18,21H,10-11H2,(H,20,22). The van der Waals surface area contributed by atoms with Crippen LogP contribution in [0.25, 0.3) is 0 Å². The molecular weight excluding hydrogens is 370 g/mol. The first-order valence-electron chi connectivity index (χ1n) is 8.17. The summed E-state index contributed by atoms with van der Waals surface area (Å²) in [6, 6.07) is 15.0. The van der Waals surface area contributed by atoms with Gasteiger partial charge in [0.05, 0.1) is 6.54 Å². The lowest BCUT2D eigenvalue weighted by Crippen LogP contribution is -2.43. The quantitative estimate of drug-likeness (QED) is 0.705. The van der Waals surface area contributed by atoms with E-state index in [1.165, 1.54) is 22.7 Å². The van der Waals surface area contributed by atoms with E-state index in [0.29, 0.717) is 18.0 Å². The molecular formula is C19H17NO4S2. The molecule has 1 aromatic carbocycles. The normalized spacial score (nSPS) is 16.9. The summed E-state index contributed by atoms with van der Waals surface area (Å²) >= 11 is 3.01. The number of nitrogens with one attached hydrogen (secondary N) is 1. The van der Waals surface area contributed by atoms with Gasteiger partial charge in [0.1, 0.15) is 12.7 Å². The Morgan fingerprint density at radius 1 is 1.15 bits per heavy atom. The van der Waals surface area contributed by atoms with Gasteiger partial charge in [0.25, 0.3) is 5.91 Å². The van der Waals surface area contributed by atoms with E-state index in [2.05, 4.69) is 5.32 Å². The first-order valence-corrected chi connectivity index (χ1v) is 9.86. The van der Waals surface area contributed by atoms with Crippen LogP contribution in [0, 0.1) is 0 Å². The number of hydrogen-bond donors (Lipinski definition) is 2. The molecule has 2 unspecified atom stereocenters. The number of aliphatic hydroxyl groups excluding tert-OH is 1. The van der Waals surface area contributed by atoms with Gasteiger partial charge >= 0.3 is 0 Å². The van der Waals surface area contributed by atoms with Gasteiger partial charge in [0.15, 0.2) is 11.5 Å². The fourth-order valence-electron chi connectivity index (χ4n) is 2.66. The maximum atomic E-state index is 12.3. The predicted molar refractivity (Wildman–Crippen MR) is 101 cm³/mol. The number of carbonyl (C=O) groups is 1. The summed E-state index contributed by atoms with van der Waals surface area (Å²) in [5, 5.41) is 15.2. The minimum Gasteiger partial charge on any atom is -0.485 e. The summed E-state index contributed by atoms with van der Waals surface area (Å²) in [5.74, 6) is 1.02. The SMILES string of the molecule is O=C(NCc1ccc(C(O)c2cccs2)s1)C1COc2ccccc2O1. The van der Waals surface area contributed by atoms with Gasteiger partial charge in [0, 0.05) is 14.6 Å². The van der Waals surface area contributed by atoms with Gasteiger partial charge in [-0.15, -0.1) is 22.7 Å². The van der Waals surface area contributed by atoms with Crippen molar-refractivity contribution >= 4 is 28.6 Å². The third kappa shape index (κ3) is 3.60. The molecule has 1 aliphatic rings. The molecule has 0 saturated carbocycles. The number of benzene rings is 1. The second kappa shape index (κ2) is 7.49. The Morgan fingerprint density at radius 2 is 2.00 bits per heavy atom. The summed E-state index contributed by atoms with van der Waals surface area (Å²) in [5.41, 5.74) is 0. The van der Waals surface area contributed by atoms with Crippen molar-refractivity contribution in [2.24, 2.45) is 0 Å². The number of ether oxygens (including phenoxy) is 2. The van der Waals surface area contributed by atoms with E-state index in [0.717, 1.165) is 14.6 Å². The maximum absolute atomic E-state index is 12.3. The van der Waals surface area contributed by atoms with Crippen LogP contribution in [0.3, 0.4) is 0 Å². The molecule has 0 fully saturated rings. The third-order valence-corrected chi connectivity index (χ3v) is 6.06. The molecule has 0 aliphatic carbocycles. The number of thiophene rings is 2. The Hall–Kier alpha value is -2.35. The summed E-state index contributed by atoms with van der Waals surface area (Å²) in [7, 11) is 0. The molecule has 2 aromatic heterocycles. The molecule has 3 heterocycles. The fourth-order valence-corrected chi connectivity index (χ4v) is 4.42. The number of aliphatic hydroxyl groups is 1. The second-order valence-electron chi connectivity index (χ2n) is 5.80. The summed E-state index contributed by atoms with van der Waals surface area (Å²) in [4.78, 5) is 15.1. The van der Waals surface area contributed by atoms with Crippen LogP contribution in [-0.2, 0) is 11.3 Å². The molecule has 1 amide bonds. The van der Waals surface area contributed by atoms with Crippen LogP contribution in [0.2, 0.25) is 0 Å². The highest BCUT2D eigenvalue weighted by molar-refractivity contribution is 7.12. The average Bonchev–Trinajstić information content (AvgIpc) is 3.37. The Bertz CT molecular complexity index is 891. The molecule has 2 N–H and O–H groups in total. The van der Waals surface area contributed by atoms with Gasteiger partial charge in [-0.2, -0.15) is 0 Å². The zero-order valence-corrected chi connectivity index (χ0v) is 15.4. The number of amides is 1. The highest BCUT2D eigenvalue weighted by Gasteiger charge is 2.27. The van der Waals surface area contributed by atoms with Crippen molar-refractivity contribution in [2.75, 3.05) is 6.61 Å². The number of hydrogen-bond acceptors (Lipinski definition) is 6. The third-order valence-electron chi connectivity index (χ3n) is 4.00. The Morgan fingerprint density at radius 3 is 2.81 bits per heavy atom. The van der Waals surface area contributed by atoms with E-state index >= 15 is 0 Å². The molecule has 2 atom stereocenters. The van der Waals surface area contributed by atoms with Gasteiger partial charge in [-0.05, 0) is 35.7 Å². The van der Waals surface area contributed by atoms with Crippen molar-refractivity contribution in [3.05, 3.63) is 68.5 Å². The molecule has 0 radical (unpaired) electrons. The first kappa shape index (κ1) is 17.1. The molecule has 0 spiro atoms. The van der Waals surface area contributed by atoms with Crippen molar-refractivity contribution in [2.45, 2.75) is 18.8 Å². The number of para-hydroxylation sites is 2. The molecule has 26 heavy (non-hydrogen) atoms. The highest BCUT2D eigenvalue weighted by Crippen LogP contribution is 2.32. The smallest absolute Gasteiger partial charge is 0.264 e. The van der Waals surface area contributed by atoms with Crippen molar-refractivity contribution < 1.29 is 19.4 Å². The molecule has 134 valence electrons. The van der Waals surface area contributed by atoms with E-state index in [-0.39, 0.29) is 12.5 Å². The highest BCUT2D eigenvalue weighted by atomic mass is 32.1. The van der Waals surface area contributed by atoms with Crippen molar-refractivity contribution in [3.63, 3.8) is 0 Å². The van der Waals surface area contributed by atoms with Gasteiger partial charge in [-0.25, -0.2) is 0 Å². The van der Waals surface area contributed by atoms with Gasteiger partial charge < -0.3 is 19.9 Å². The van der Waals surface area contributed by atoms with Crippen LogP contribution in [-0.4, -0.2) is 23.7 Å². The van der Waals surface area contributed by atoms with Gasteiger partial charge in [-0.3, -0.25) is 4.79 Å². The largest absolute Gasteiger partial charge is 0.485 e. The Kier molecular flexibility index (Phi) is 4.92. The van der Waals surface area contributed by atoms with E-state index < -0.39 is 12.2 Å². The van der Waals surface area contributed by atoms with Crippen LogP contribution in [0.1, 0.15) is 20.7 Å². The van der Waals surface area contributed by atoms with Gasteiger partial charge in [0.2, 0.25) is 6.10 Å². The first-order chi connectivity index (χ1) is 12.7. The average molecular weight is 387 g/mol. The van der Waals surface area contributed by atoms with E-state index in [9.17, 15) is 9.90 Å². The molecule has 7 heteroatoms. The molecule has 1 aliphatic heterocycles. The zero-order chi connectivity index (χ0) is 17.9. The Labute approximate surface area is 158 Å². The van der Waals surface area contributed by atoms with Crippen molar-refractivity contribution in [1.29, 1.82) is 0 Å². The van der Waals surface area contributed by atoms with Crippen LogP contribution < -0.4 is 14.8 Å². The number of fused-ring (bicyclic) bond motifs is 1. The van der Waals surface area contributed by atoms with Crippen LogP contribution in [0.15, 0.2) is 53.9 Å². The lowest BCUT2D eigenvalue weighted by molar-refractivity contribution is -0.130. The molecule has 4 rings (SSSR count). The minimum atomic E-state index is -0.666. The van der Waals surface area contributed by atoms with E-state index in [1.807, 2.05) is 47.8 Å². The molecule has 0 saturated heterocycles. The van der Waals surface area contributed by atoms with Crippen LogP contribution in [0.5, 0.6) is 11.5 Å². The molecule has 3 aromatic rings. The minimum absolute atomic E-state index is 0.190. The predicted octanol–water partition coefficient (Wildman–Crippen LogP) is 3.35. The summed E-state index contributed by atoms with van der Waals surface area (Å²) in [6.45, 7) is 0.581. The number of carbonyl (C=O) groups excluding carboxylic acids is 1. The fraction of sp³-hybridized carbons (Fsp3) is 0.211. The summed E-state index contributed by atoms with van der Waals surface area (Å²) < 4.78 is 11.3. The maximum Gasteiger partial charge on any atom is 0.264 e. The topological polar surface area (TPSA) is 67.8 Å². The van der Waals surface area contributed by atoms with Crippen LogP contribution in [0.4, 0.5) is 0 Å². The lowest BCUT2D eigenvalue weighted by atomic mass is 10.2. The molecule has 0 bridgehead atoms. The van der Waals surface area contributed by atoms with Crippen LogP contribution >= 0.6 is 22.7 Å². The summed E-state index contributed by atoms with van der Waals surface area (Å²) in [6.07, 6.45) is -1.28. The van der Waals surface area contributed by atoms with Crippen molar-refractivity contribution in [1.82, 2.24) is 5.32 Å². The monoisotopic (exact) mass is 387 g/mol. The van der Waals surface area contributed by atoms with Crippen molar-refractivity contribution in [3.8, 4) is 11.5 Å².